The zero-order valence-corrected chi connectivity index (χ0v) is 14.3. The number of rotatable bonds is 5. The number of piperidine rings is 1. The van der Waals surface area contributed by atoms with E-state index >= 15 is 0 Å². The smallest absolute Gasteiger partial charge is 0.305 e. The van der Waals surface area contributed by atoms with Crippen LogP contribution >= 0.6 is 0 Å². The highest BCUT2D eigenvalue weighted by atomic mass is 16.5. The molecule has 1 heterocycles. The van der Waals surface area contributed by atoms with Gasteiger partial charge in [-0.25, -0.2) is 0 Å². The van der Waals surface area contributed by atoms with Crippen LogP contribution in [0.3, 0.4) is 0 Å². The van der Waals surface area contributed by atoms with E-state index in [1.54, 1.807) is 0 Å². The van der Waals surface area contributed by atoms with Crippen molar-refractivity contribution in [2.75, 3.05) is 13.7 Å². The van der Waals surface area contributed by atoms with Gasteiger partial charge in [0.1, 0.15) is 0 Å². The first-order chi connectivity index (χ1) is 10.5. The molecule has 0 amide bonds. The summed E-state index contributed by atoms with van der Waals surface area (Å²) in [5, 5.41) is 3.69. The lowest BCUT2D eigenvalue weighted by molar-refractivity contribution is -0.142. The Hall–Kier alpha value is -1.35. The second-order valence-corrected chi connectivity index (χ2v) is 6.81. The van der Waals surface area contributed by atoms with Gasteiger partial charge in [-0.1, -0.05) is 43.7 Å². The maximum Gasteiger partial charge on any atom is 0.305 e. The predicted molar refractivity (Wildman–Crippen MR) is 90.0 cm³/mol. The van der Waals surface area contributed by atoms with Gasteiger partial charge in [0.15, 0.2) is 0 Å². The Morgan fingerprint density at radius 2 is 2.05 bits per heavy atom. The molecule has 3 heteroatoms. The number of esters is 1. The van der Waals surface area contributed by atoms with Crippen LogP contribution in [0.4, 0.5) is 0 Å². The molecule has 1 aromatic rings. The molecule has 3 nitrogen and oxygen atoms in total. The minimum Gasteiger partial charge on any atom is -0.469 e. The Bertz CT molecular complexity index is 497. The highest BCUT2D eigenvalue weighted by molar-refractivity contribution is 5.69. The fourth-order valence-corrected chi connectivity index (χ4v) is 3.57. The molecule has 0 radical (unpaired) electrons. The third-order valence-electron chi connectivity index (χ3n) is 5.41. The van der Waals surface area contributed by atoms with E-state index in [2.05, 4.69) is 50.4 Å². The van der Waals surface area contributed by atoms with Crippen molar-refractivity contribution in [1.29, 1.82) is 0 Å². The summed E-state index contributed by atoms with van der Waals surface area (Å²) >= 11 is 0. The monoisotopic (exact) mass is 303 g/mol. The van der Waals surface area contributed by atoms with Crippen LogP contribution in [0, 0.1) is 12.8 Å². The summed E-state index contributed by atoms with van der Waals surface area (Å²) in [6, 6.07) is 9.30. The van der Waals surface area contributed by atoms with E-state index in [1.165, 1.54) is 18.2 Å². The molecule has 1 N–H and O–H groups in total. The molecule has 2 rings (SSSR count). The lowest BCUT2D eigenvalue weighted by Gasteiger charge is -2.43. The van der Waals surface area contributed by atoms with Crippen LogP contribution in [-0.4, -0.2) is 25.7 Å². The van der Waals surface area contributed by atoms with Crippen LogP contribution in [-0.2, 0) is 14.9 Å². The number of ether oxygens (including phenoxy) is 1. The Kier molecular flexibility index (Phi) is 5.63. The van der Waals surface area contributed by atoms with Gasteiger partial charge in [0.25, 0.3) is 0 Å². The fraction of sp³-hybridized carbons (Fsp3) is 0.632. The highest BCUT2D eigenvalue weighted by Gasteiger charge is 2.37. The van der Waals surface area contributed by atoms with E-state index in [0.717, 1.165) is 25.8 Å². The van der Waals surface area contributed by atoms with E-state index in [0.29, 0.717) is 18.4 Å². The number of benzene rings is 1. The number of carbonyl (C=O) groups is 1. The van der Waals surface area contributed by atoms with E-state index in [1.807, 2.05) is 0 Å². The number of methoxy groups -OCH3 is 1. The lowest BCUT2D eigenvalue weighted by Crippen LogP contribution is -2.51. The Labute approximate surface area is 134 Å². The second kappa shape index (κ2) is 7.28. The molecular formula is C19H29NO2. The van der Waals surface area contributed by atoms with Gasteiger partial charge in [0, 0.05) is 17.9 Å². The van der Waals surface area contributed by atoms with E-state index in [4.69, 9.17) is 4.74 Å². The van der Waals surface area contributed by atoms with Crippen molar-refractivity contribution < 1.29 is 9.53 Å². The zero-order chi connectivity index (χ0) is 16.2. The summed E-state index contributed by atoms with van der Waals surface area (Å²) < 4.78 is 4.84. The molecule has 0 spiro atoms. The van der Waals surface area contributed by atoms with Gasteiger partial charge in [-0.2, -0.15) is 0 Å². The average Bonchev–Trinajstić information content (AvgIpc) is 2.55. The fourth-order valence-electron chi connectivity index (χ4n) is 3.57. The van der Waals surface area contributed by atoms with E-state index in [-0.39, 0.29) is 11.4 Å². The first-order valence-electron chi connectivity index (χ1n) is 8.37. The van der Waals surface area contributed by atoms with Crippen molar-refractivity contribution in [3.05, 3.63) is 35.4 Å². The van der Waals surface area contributed by atoms with E-state index < -0.39 is 0 Å². The summed E-state index contributed by atoms with van der Waals surface area (Å²) in [6.07, 6.45) is 3.72. The van der Waals surface area contributed by atoms with Crippen molar-refractivity contribution in [2.24, 2.45) is 5.92 Å². The Morgan fingerprint density at radius 1 is 1.36 bits per heavy atom. The van der Waals surface area contributed by atoms with Crippen molar-refractivity contribution in [3.8, 4) is 0 Å². The van der Waals surface area contributed by atoms with Crippen molar-refractivity contribution >= 4 is 5.97 Å². The van der Waals surface area contributed by atoms with Gasteiger partial charge >= 0.3 is 5.97 Å². The standard InChI is InChI=1S/C19H29NO2/c1-5-19(3,16-8-6-14(2)7-9-16)17-12-15(10-11-20-17)13-18(21)22-4/h6-9,15,17,20H,5,10-13H2,1-4H3/t15-,17+,19?/m0/s1. The van der Waals surface area contributed by atoms with Gasteiger partial charge in [0.2, 0.25) is 0 Å². The number of aryl methyl sites for hydroxylation is 1. The first kappa shape index (κ1) is 17.0. The van der Waals surface area contributed by atoms with Crippen LogP contribution in [0.2, 0.25) is 0 Å². The van der Waals surface area contributed by atoms with Crippen molar-refractivity contribution in [3.63, 3.8) is 0 Å². The summed E-state index contributed by atoms with van der Waals surface area (Å²) in [6.45, 7) is 7.70. The molecule has 3 atom stereocenters. The van der Waals surface area contributed by atoms with Crippen LogP contribution in [0.25, 0.3) is 0 Å². The van der Waals surface area contributed by atoms with Crippen LogP contribution in [0.15, 0.2) is 24.3 Å². The molecule has 1 aliphatic rings. The summed E-state index contributed by atoms with van der Waals surface area (Å²) in [5.41, 5.74) is 2.78. The Morgan fingerprint density at radius 3 is 2.64 bits per heavy atom. The third-order valence-corrected chi connectivity index (χ3v) is 5.41. The molecule has 1 saturated heterocycles. The number of hydrogen-bond acceptors (Lipinski definition) is 3. The topological polar surface area (TPSA) is 38.3 Å². The maximum atomic E-state index is 11.6. The molecular weight excluding hydrogens is 274 g/mol. The molecule has 0 saturated carbocycles. The molecule has 1 fully saturated rings. The predicted octanol–water partition coefficient (Wildman–Crippen LogP) is 3.59. The Balaban J connectivity index is 2.15. The SMILES string of the molecule is CCC(C)(c1ccc(C)cc1)[C@H]1C[C@@H](CC(=O)OC)CCN1. The van der Waals surface area contributed by atoms with Gasteiger partial charge < -0.3 is 10.1 Å². The zero-order valence-electron chi connectivity index (χ0n) is 14.3. The summed E-state index contributed by atoms with van der Waals surface area (Å²) in [5.74, 6) is 0.342. The van der Waals surface area contributed by atoms with Gasteiger partial charge in [-0.15, -0.1) is 0 Å². The molecule has 1 unspecified atom stereocenters. The van der Waals surface area contributed by atoms with Gasteiger partial charge in [-0.3, -0.25) is 4.79 Å². The maximum absolute atomic E-state index is 11.6. The van der Waals surface area contributed by atoms with Crippen LogP contribution in [0.5, 0.6) is 0 Å². The minimum atomic E-state index is -0.0841. The first-order valence-corrected chi connectivity index (χ1v) is 8.37. The number of nitrogens with one attached hydrogen (secondary N) is 1. The minimum absolute atomic E-state index is 0.0841. The van der Waals surface area contributed by atoms with Crippen molar-refractivity contribution in [2.45, 2.75) is 57.9 Å². The molecule has 0 aromatic heterocycles. The normalized spacial score (nSPS) is 24.5. The molecule has 1 aromatic carbocycles. The second-order valence-electron chi connectivity index (χ2n) is 6.81. The van der Waals surface area contributed by atoms with Gasteiger partial charge in [-0.05, 0) is 44.2 Å². The number of hydrogen-bond donors (Lipinski definition) is 1. The third kappa shape index (κ3) is 3.70. The lowest BCUT2D eigenvalue weighted by atomic mass is 9.69. The average molecular weight is 303 g/mol. The summed E-state index contributed by atoms with van der Waals surface area (Å²) in [7, 11) is 1.48. The molecule has 0 bridgehead atoms. The van der Waals surface area contributed by atoms with Crippen LogP contribution < -0.4 is 5.32 Å². The molecule has 122 valence electrons. The van der Waals surface area contributed by atoms with Gasteiger partial charge in [0.05, 0.1) is 7.11 Å². The summed E-state index contributed by atoms with van der Waals surface area (Å²) in [4.78, 5) is 11.6. The van der Waals surface area contributed by atoms with E-state index in [9.17, 15) is 4.79 Å². The highest BCUT2D eigenvalue weighted by Crippen LogP contribution is 2.37. The largest absolute Gasteiger partial charge is 0.469 e. The van der Waals surface area contributed by atoms with Crippen LogP contribution in [0.1, 0.15) is 50.7 Å². The van der Waals surface area contributed by atoms with Crippen molar-refractivity contribution in [1.82, 2.24) is 5.32 Å². The molecule has 1 aliphatic heterocycles. The number of carbonyl (C=O) groups excluding carboxylic acids is 1. The molecule has 22 heavy (non-hydrogen) atoms. The quantitative estimate of drug-likeness (QED) is 0.845. The molecule has 0 aliphatic carbocycles.